The van der Waals surface area contributed by atoms with Gasteiger partial charge in [-0.1, -0.05) is 18.2 Å². The van der Waals surface area contributed by atoms with Gasteiger partial charge in [-0.3, -0.25) is 4.79 Å². The van der Waals surface area contributed by atoms with Gasteiger partial charge in [0.1, 0.15) is 11.3 Å². The quantitative estimate of drug-likeness (QED) is 0.913. The van der Waals surface area contributed by atoms with Crippen LogP contribution in [0.4, 0.5) is 0 Å². The highest BCUT2D eigenvalue weighted by Gasteiger charge is 2.15. The standard InChI is InChI=1S/C16H20N2O2.ClH/c19-16(18-13-5-3-9-17-11-13)8-7-14-10-12-4-1-2-6-15(12)20-14;/h1-2,4,6,10,13,17H,3,5,7-9,11H2,(H,18,19);1H/t13-;/m0./s1. The summed E-state index contributed by atoms with van der Waals surface area (Å²) in [5.41, 5.74) is 0.888. The minimum atomic E-state index is 0. The van der Waals surface area contributed by atoms with Gasteiger partial charge in [0.25, 0.3) is 0 Å². The summed E-state index contributed by atoms with van der Waals surface area (Å²) in [5, 5.41) is 7.47. The first kappa shape index (κ1) is 15.9. The maximum absolute atomic E-state index is 11.9. The average molecular weight is 309 g/mol. The number of amides is 1. The number of fused-ring (bicyclic) bond motifs is 1. The summed E-state index contributed by atoms with van der Waals surface area (Å²) in [6, 6.07) is 10.2. The first-order valence-electron chi connectivity index (χ1n) is 7.29. The highest BCUT2D eigenvalue weighted by Crippen LogP contribution is 2.19. The second-order valence-electron chi connectivity index (χ2n) is 5.36. The van der Waals surface area contributed by atoms with Crippen LogP contribution in [0.2, 0.25) is 0 Å². The molecular weight excluding hydrogens is 288 g/mol. The summed E-state index contributed by atoms with van der Waals surface area (Å²) in [5.74, 6) is 0.988. The van der Waals surface area contributed by atoms with Crippen molar-refractivity contribution in [3.8, 4) is 0 Å². The van der Waals surface area contributed by atoms with Gasteiger partial charge in [0.05, 0.1) is 0 Å². The van der Waals surface area contributed by atoms with E-state index in [1.54, 1.807) is 0 Å². The molecule has 1 fully saturated rings. The van der Waals surface area contributed by atoms with Crippen LogP contribution in [-0.4, -0.2) is 25.0 Å². The van der Waals surface area contributed by atoms with Gasteiger partial charge in [-0.25, -0.2) is 0 Å². The Hall–Kier alpha value is -1.52. The van der Waals surface area contributed by atoms with Crippen LogP contribution in [0.3, 0.4) is 0 Å². The third kappa shape index (κ3) is 4.22. The molecule has 21 heavy (non-hydrogen) atoms. The number of halogens is 1. The van der Waals surface area contributed by atoms with Crippen molar-refractivity contribution in [3.63, 3.8) is 0 Å². The maximum Gasteiger partial charge on any atom is 0.220 e. The van der Waals surface area contributed by atoms with Crippen LogP contribution in [0.15, 0.2) is 34.7 Å². The summed E-state index contributed by atoms with van der Waals surface area (Å²) in [7, 11) is 0. The van der Waals surface area contributed by atoms with Crippen LogP contribution >= 0.6 is 12.4 Å². The van der Waals surface area contributed by atoms with E-state index in [-0.39, 0.29) is 24.4 Å². The van der Waals surface area contributed by atoms with Gasteiger partial charge < -0.3 is 15.1 Å². The van der Waals surface area contributed by atoms with Gasteiger partial charge in [0, 0.05) is 30.8 Å². The lowest BCUT2D eigenvalue weighted by Gasteiger charge is -2.23. The Labute approximate surface area is 130 Å². The van der Waals surface area contributed by atoms with E-state index < -0.39 is 0 Å². The van der Waals surface area contributed by atoms with E-state index in [0.29, 0.717) is 12.8 Å². The zero-order valence-electron chi connectivity index (χ0n) is 11.9. The molecule has 1 saturated heterocycles. The van der Waals surface area contributed by atoms with E-state index in [2.05, 4.69) is 10.6 Å². The molecule has 0 aliphatic carbocycles. The summed E-state index contributed by atoms with van der Waals surface area (Å²) in [4.78, 5) is 11.9. The van der Waals surface area contributed by atoms with Gasteiger partial charge >= 0.3 is 0 Å². The molecule has 0 bridgehead atoms. The van der Waals surface area contributed by atoms with E-state index >= 15 is 0 Å². The van der Waals surface area contributed by atoms with E-state index in [9.17, 15) is 4.79 Å². The molecule has 0 spiro atoms. The predicted molar refractivity (Wildman–Crippen MR) is 85.8 cm³/mol. The maximum atomic E-state index is 11.9. The van der Waals surface area contributed by atoms with Crippen molar-refractivity contribution >= 4 is 29.3 Å². The van der Waals surface area contributed by atoms with E-state index in [0.717, 1.165) is 42.7 Å². The number of furan rings is 1. The van der Waals surface area contributed by atoms with E-state index in [1.807, 2.05) is 30.3 Å². The number of piperidine rings is 1. The lowest BCUT2D eigenvalue weighted by molar-refractivity contribution is -0.121. The molecule has 2 aromatic rings. The van der Waals surface area contributed by atoms with Crippen LogP contribution in [0, 0.1) is 0 Å². The Morgan fingerprint density at radius 3 is 3.00 bits per heavy atom. The van der Waals surface area contributed by atoms with E-state index in [1.165, 1.54) is 0 Å². The fraction of sp³-hybridized carbons (Fsp3) is 0.438. The molecule has 4 nitrogen and oxygen atoms in total. The molecule has 5 heteroatoms. The van der Waals surface area contributed by atoms with Crippen LogP contribution in [0.25, 0.3) is 11.0 Å². The average Bonchev–Trinajstić information content (AvgIpc) is 2.89. The summed E-state index contributed by atoms with van der Waals surface area (Å²) < 4.78 is 5.72. The molecule has 1 aromatic heterocycles. The van der Waals surface area contributed by atoms with Crippen LogP contribution in [0.5, 0.6) is 0 Å². The van der Waals surface area contributed by atoms with Gasteiger partial charge in [-0.05, 0) is 31.5 Å². The Balaban J connectivity index is 0.00000161. The number of hydrogen-bond donors (Lipinski definition) is 2. The molecule has 1 aromatic carbocycles. The van der Waals surface area contributed by atoms with Crippen molar-refractivity contribution in [1.82, 2.24) is 10.6 Å². The van der Waals surface area contributed by atoms with Crippen LogP contribution in [-0.2, 0) is 11.2 Å². The van der Waals surface area contributed by atoms with Crippen molar-refractivity contribution in [2.45, 2.75) is 31.7 Å². The minimum absolute atomic E-state index is 0. The fourth-order valence-electron chi connectivity index (χ4n) is 2.67. The molecule has 1 aliphatic rings. The topological polar surface area (TPSA) is 54.3 Å². The summed E-state index contributed by atoms with van der Waals surface area (Å²) in [6.45, 7) is 1.95. The highest BCUT2D eigenvalue weighted by molar-refractivity contribution is 5.85. The number of para-hydroxylation sites is 1. The number of hydrogen-bond acceptors (Lipinski definition) is 3. The zero-order valence-corrected chi connectivity index (χ0v) is 12.7. The third-order valence-electron chi connectivity index (χ3n) is 3.74. The lowest BCUT2D eigenvalue weighted by Crippen LogP contribution is -2.45. The summed E-state index contributed by atoms with van der Waals surface area (Å²) >= 11 is 0. The number of benzene rings is 1. The largest absolute Gasteiger partial charge is 0.461 e. The smallest absolute Gasteiger partial charge is 0.220 e. The van der Waals surface area contributed by atoms with Gasteiger partial charge in [-0.15, -0.1) is 12.4 Å². The molecule has 114 valence electrons. The predicted octanol–water partition coefficient (Wildman–Crippen LogP) is 2.66. The van der Waals surface area contributed by atoms with Gasteiger partial charge in [-0.2, -0.15) is 0 Å². The number of carbonyl (C=O) groups is 1. The molecule has 2 heterocycles. The van der Waals surface area contributed by atoms with Gasteiger partial charge in [0.2, 0.25) is 5.91 Å². The molecule has 2 N–H and O–H groups in total. The molecule has 1 aliphatic heterocycles. The minimum Gasteiger partial charge on any atom is -0.461 e. The summed E-state index contributed by atoms with van der Waals surface area (Å²) in [6.07, 6.45) is 3.34. The molecule has 0 radical (unpaired) electrons. The van der Waals surface area contributed by atoms with Crippen molar-refractivity contribution in [2.75, 3.05) is 13.1 Å². The second-order valence-corrected chi connectivity index (χ2v) is 5.36. The first-order chi connectivity index (χ1) is 9.81. The molecule has 0 saturated carbocycles. The van der Waals surface area contributed by atoms with Crippen molar-refractivity contribution < 1.29 is 9.21 Å². The number of nitrogens with one attached hydrogen (secondary N) is 2. The fourth-order valence-corrected chi connectivity index (χ4v) is 2.67. The Morgan fingerprint density at radius 1 is 1.38 bits per heavy atom. The lowest BCUT2D eigenvalue weighted by atomic mass is 10.1. The number of rotatable bonds is 4. The molecular formula is C16H21ClN2O2. The Bertz CT molecular complexity index is 558. The normalized spacial score (nSPS) is 18.2. The second kappa shape index (κ2) is 7.48. The van der Waals surface area contributed by atoms with Gasteiger partial charge in [0.15, 0.2) is 0 Å². The monoisotopic (exact) mass is 308 g/mol. The Kier molecular flexibility index (Phi) is 5.65. The number of aryl methyl sites for hydroxylation is 1. The van der Waals surface area contributed by atoms with Crippen molar-refractivity contribution in [3.05, 3.63) is 36.1 Å². The number of carbonyl (C=O) groups excluding carboxylic acids is 1. The van der Waals surface area contributed by atoms with Crippen LogP contribution in [0.1, 0.15) is 25.0 Å². The molecule has 1 atom stereocenters. The molecule has 0 unspecified atom stereocenters. The van der Waals surface area contributed by atoms with Crippen molar-refractivity contribution in [1.29, 1.82) is 0 Å². The molecule has 1 amide bonds. The first-order valence-corrected chi connectivity index (χ1v) is 7.29. The molecule has 3 rings (SSSR count). The van der Waals surface area contributed by atoms with Crippen LogP contribution < -0.4 is 10.6 Å². The zero-order chi connectivity index (χ0) is 13.8. The highest BCUT2D eigenvalue weighted by atomic mass is 35.5. The third-order valence-corrected chi connectivity index (χ3v) is 3.74. The Morgan fingerprint density at radius 2 is 2.24 bits per heavy atom. The SMILES string of the molecule is Cl.O=C(CCc1cc2ccccc2o1)N[C@H]1CCCNC1. The van der Waals surface area contributed by atoms with Crippen molar-refractivity contribution in [2.24, 2.45) is 0 Å². The van der Waals surface area contributed by atoms with E-state index in [4.69, 9.17) is 4.42 Å².